The minimum atomic E-state index is -0.491. The van der Waals surface area contributed by atoms with E-state index in [4.69, 9.17) is 14.0 Å². The summed E-state index contributed by atoms with van der Waals surface area (Å²) in [7, 11) is -0.462. The van der Waals surface area contributed by atoms with Gasteiger partial charge in [-0.15, -0.1) is 0 Å². The molecular formula is C21H35BN4O4. The van der Waals surface area contributed by atoms with Gasteiger partial charge in [0.15, 0.2) is 0 Å². The van der Waals surface area contributed by atoms with Crippen molar-refractivity contribution in [2.75, 3.05) is 24.5 Å². The Labute approximate surface area is 180 Å². The molecule has 0 bridgehead atoms. The Hall–Kier alpha value is -1.87. The lowest BCUT2D eigenvalue weighted by atomic mass is 9.81. The summed E-state index contributed by atoms with van der Waals surface area (Å²) in [5, 5.41) is 2.88. The molecule has 2 fully saturated rings. The van der Waals surface area contributed by atoms with E-state index in [1.165, 1.54) is 0 Å². The van der Waals surface area contributed by atoms with Gasteiger partial charge in [-0.05, 0) is 67.2 Å². The van der Waals surface area contributed by atoms with Crippen LogP contribution in [0.3, 0.4) is 0 Å². The smallest absolute Gasteiger partial charge is 0.444 e. The molecule has 8 nitrogen and oxygen atoms in total. The minimum absolute atomic E-state index is 0.331. The number of nitrogens with one attached hydrogen (secondary N) is 1. The molecule has 1 N–H and O–H groups in total. The van der Waals surface area contributed by atoms with E-state index in [2.05, 4.69) is 20.2 Å². The van der Waals surface area contributed by atoms with Crippen LogP contribution < -0.4 is 15.7 Å². The van der Waals surface area contributed by atoms with Crippen molar-refractivity contribution in [2.45, 2.75) is 78.1 Å². The number of carbonyl (C=O) groups excluding carboxylic acids is 1. The van der Waals surface area contributed by atoms with Crippen molar-refractivity contribution in [1.82, 2.24) is 15.3 Å². The highest BCUT2D eigenvalue weighted by molar-refractivity contribution is 6.61. The van der Waals surface area contributed by atoms with Gasteiger partial charge >= 0.3 is 13.2 Å². The van der Waals surface area contributed by atoms with E-state index in [-0.39, 0.29) is 6.09 Å². The van der Waals surface area contributed by atoms with Gasteiger partial charge in [0.05, 0.1) is 11.2 Å². The third kappa shape index (κ3) is 5.43. The summed E-state index contributed by atoms with van der Waals surface area (Å²) in [4.78, 5) is 23.2. The van der Waals surface area contributed by atoms with Crippen molar-refractivity contribution in [3.05, 3.63) is 12.4 Å². The van der Waals surface area contributed by atoms with Gasteiger partial charge in [-0.1, -0.05) is 0 Å². The molecule has 30 heavy (non-hydrogen) atoms. The standard InChI is InChI=1S/C21H35BN4O4/c1-19(2,3)28-18(27)25-11-15-9-8-10-26(14-15)17-23-12-16(13-24-17)22-29-20(4,5)21(6,7)30-22/h12-13,15H,8-11,14H2,1-7H3,(H,25,27)/t15-/m0/s1. The van der Waals surface area contributed by atoms with E-state index in [9.17, 15) is 4.79 Å². The molecule has 1 amide bonds. The molecule has 2 saturated heterocycles. The zero-order valence-electron chi connectivity index (χ0n) is 19.3. The summed E-state index contributed by atoms with van der Waals surface area (Å²) < 4.78 is 17.5. The first kappa shape index (κ1) is 22.8. The molecule has 1 atom stereocenters. The van der Waals surface area contributed by atoms with Crippen molar-refractivity contribution >= 4 is 24.6 Å². The van der Waals surface area contributed by atoms with Crippen LogP contribution in [0.2, 0.25) is 0 Å². The van der Waals surface area contributed by atoms with Crippen LogP contribution in [0.15, 0.2) is 12.4 Å². The van der Waals surface area contributed by atoms with Crippen LogP contribution in [0.4, 0.5) is 10.7 Å². The SMILES string of the molecule is CC(C)(C)OC(=O)NC[C@@H]1CCCN(c2ncc(B3OC(C)(C)C(C)(C)O3)cn2)C1. The number of anilines is 1. The van der Waals surface area contributed by atoms with Crippen molar-refractivity contribution < 1.29 is 18.8 Å². The molecule has 166 valence electrons. The number of nitrogens with zero attached hydrogens (tertiary/aromatic N) is 3. The number of piperidine rings is 1. The largest absolute Gasteiger partial charge is 0.498 e. The zero-order valence-corrected chi connectivity index (χ0v) is 19.3. The maximum Gasteiger partial charge on any atom is 0.498 e. The lowest BCUT2D eigenvalue weighted by molar-refractivity contribution is 0.00578. The van der Waals surface area contributed by atoms with Gasteiger partial charge in [0.25, 0.3) is 0 Å². The van der Waals surface area contributed by atoms with Crippen LogP contribution in [0.1, 0.15) is 61.3 Å². The monoisotopic (exact) mass is 418 g/mol. The number of hydrogen-bond acceptors (Lipinski definition) is 7. The average molecular weight is 418 g/mol. The Bertz CT molecular complexity index is 732. The van der Waals surface area contributed by atoms with Crippen LogP contribution in [0.25, 0.3) is 0 Å². The van der Waals surface area contributed by atoms with E-state index in [0.29, 0.717) is 18.4 Å². The molecule has 3 rings (SSSR count). The summed E-state index contributed by atoms with van der Waals surface area (Å²) in [6.45, 7) is 16.0. The lowest BCUT2D eigenvalue weighted by Crippen LogP contribution is -2.43. The molecule has 0 aliphatic carbocycles. The van der Waals surface area contributed by atoms with E-state index in [0.717, 1.165) is 31.4 Å². The van der Waals surface area contributed by atoms with Crippen LogP contribution in [-0.2, 0) is 14.0 Å². The Balaban J connectivity index is 1.56. The average Bonchev–Trinajstić information content (AvgIpc) is 2.86. The van der Waals surface area contributed by atoms with Gasteiger partial charge in [0, 0.05) is 37.5 Å². The van der Waals surface area contributed by atoms with E-state index < -0.39 is 23.9 Å². The van der Waals surface area contributed by atoms with Crippen molar-refractivity contribution in [3.8, 4) is 0 Å². The highest BCUT2D eigenvalue weighted by atomic mass is 16.7. The molecule has 2 aliphatic rings. The quantitative estimate of drug-likeness (QED) is 0.752. The van der Waals surface area contributed by atoms with E-state index >= 15 is 0 Å². The van der Waals surface area contributed by atoms with Crippen LogP contribution >= 0.6 is 0 Å². The third-order valence-corrected chi connectivity index (χ3v) is 5.92. The summed E-state index contributed by atoms with van der Waals surface area (Å²) in [6.07, 6.45) is 5.28. The molecule has 0 unspecified atom stereocenters. The number of alkyl carbamates (subject to hydrolysis) is 1. The Morgan fingerprint density at radius 1 is 1.23 bits per heavy atom. The summed E-state index contributed by atoms with van der Waals surface area (Å²) in [5.74, 6) is 1.02. The number of aromatic nitrogens is 2. The molecular weight excluding hydrogens is 383 g/mol. The maximum absolute atomic E-state index is 11.9. The van der Waals surface area contributed by atoms with Crippen LogP contribution in [-0.4, -0.2) is 59.6 Å². The number of carbonyl (C=O) groups is 1. The van der Waals surface area contributed by atoms with Crippen LogP contribution in [0, 0.1) is 5.92 Å². The first-order valence-corrected chi connectivity index (χ1v) is 10.8. The fraction of sp³-hybridized carbons (Fsp3) is 0.762. The predicted octanol–water partition coefficient (Wildman–Crippen LogP) is 2.52. The first-order valence-electron chi connectivity index (χ1n) is 10.8. The van der Waals surface area contributed by atoms with E-state index in [1.54, 1.807) is 12.4 Å². The Morgan fingerprint density at radius 2 is 1.83 bits per heavy atom. The molecule has 1 aromatic rings. The number of hydrogen-bond donors (Lipinski definition) is 1. The third-order valence-electron chi connectivity index (χ3n) is 5.92. The van der Waals surface area contributed by atoms with E-state index in [1.807, 2.05) is 48.5 Å². The maximum atomic E-state index is 11.9. The molecule has 0 aromatic carbocycles. The Morgan fingerprint density at radius 3 is 2.40 bits per heavy atom. The summed E-state index contributed by atoms with van der Waals surface area (Å²) in [6, 6.07) is 0. The van der Waals surface area contributed by atoms with Gasteiger partial charge in [0.1, 0.15) is 5.60 Å². The second kappa shape index (κ2) is 8.34. The number of ether oxygens (including phenoxy) is 1. The molecule has 9 heteroatoms. The van der Waals surface area contributed by atoms with Crippen molar-refractivity contribution in [3.63, 3.8) is 0 Å². The zero-order chi connectivity index (χ0) is 22.2. The van der Waals surface area contributed by atoms with Gasteiger partial charge in [-0.25, -0.2) is 14.8 Å². The van der Waals surface area contributed by atoms with Crippen molar-refractivity contribution in [2.24, 2.45) is 5.92 Å². The minimum Gasteiger partial charge on any atom is -0.444 e. The number of amides is 1. The van der Waals surface area contributed by atoms with Gasteiger partial charge in [-0.2, -0.15) is 0 Å². The fourth-order valence-electron chi connectivity index (χ4n) is 3.55. The number of rotatable bonds is 4. The molecule has 3 heterocycles. The molecule has 1 aromatic heterocycles. The topological polar surface area (TPSA) is 85.8 Å². The molecule has 2 aliphatic heterocycles. The van der Waals surface area contributed by atoms with Gasteiger partial charge < -0.3 is 24.3 Å². The van der Waals surface area contributed by atoms with Gasteiger partial charge in [0.2, 0.25) is 5.95 Å². The normalized spacial score (nSPS) is 23.4. The second-order valence-electron chi connectivity index (χ2n) is 10.2. The Kier molecular flexibility index (Phi) is 6.34. The van der Waals surface area contributed by atoms with Crippen molar-refractivity contribution in [1.29, 1.82) is 0 Å². The molecule has 0 radical (unpaired) electrons. The highest BCUT2D eigenvalue weighted by Gasteiger charge is 2.52. The first-order chi connectivity index (χ1) is 13.9. The second-order valence-corrected chi connectivity index (χ2v) is 10.2. The summed E-state index contributed by atoms with van der Waals surface area (Å²) in [5.41, 5.74) is -0.456. The highest BCUT2D eigenvalue weighted by Crippen LogP contribution is 2.36. The van der Waals surface area contributed by atoms with Gasteiger partial charge in [-0.3, -0.25) is 0 Å². The van der Waals surface area contributed by atoms with Crippen LogP contribution in [0.5, 0.6) is 0 Å². The predicted molar refractivity (Wildman–Crippen MR) is 117 cm³/mol. The molecule has 0 saturated carbocycles. The lowest BCUT2D eigenvalue weighted by Gasteiger charge is -2.33. The fourth-order valence-corrected chi connectivity index (χ4v) is 3.55. The molecule has 0 spiro atoms. The summed E-state index contributed by atoms with van der Waals surface area (Å²) >= 11 is 0.